The van der Waals surface area contributed by atoms with Crippen LogP contribution in [0.4, 0.5) is 0 Å². The first-order valence-corrected chi connectivity index (χ1v) is 6.96. The average Bonchev–Trinajstić information content (AvgIpc) is 2.49. The van der Waals surface area contributed by atoms with Gasteiger partial charge >= 0.3 is 11.8 Å². The highest BCUT2D eigenvalue weighted by Crippen LogP contribution is 2.16. The summed E-state index contributed by atoms with van der Waals surface area (Å²) in [6, 6.07) is 7.31. The molecule has 5 nitrogen and oxygen atoms in total. The molecule has 0 radical (unpaired) electrons. The standard InChI is InChI=1S/C14H18ClN3O2/c1-17(10-11-4-2-3-5-12(11)15)13(19)14(20)18-8-6-16-7-9-18/h2-5,16H,6-10H2,1H3. The molecule has 6 heteroatoms. The second-order valence-corrected chi connectivity index (χ2v) is 5.20. The summed E-state index contributed by atoms with van der Waals surface area (Å²) in [6.07, 6.45) is 0. The molecular formula is C14H18ClN3O2. The lowest BCUT2D eigenvalue weighted by Gasteiger charge is -2.28. The lowest BCUT2D eigenvalue weighted by Crippen LogP contribution is -2.51. The number of rotatable bonds is 2. The topological polar surface area (TPSA) is 52.7 Å². The van der Waals surface area contributed by atoms with Gasteiger partial charge in [0.1, 0.15) is 0 Å². The van der Waals surface area contributed by atoms with E-state index in [9.17, 15) is 9.59 Å². The molecule has 1 saturated heterocycles. The molecule has 0 unspecified atom stereocenters. The Labute approximate surface area is 123 Å². The maximum Gasteiger partial charge on any atom is 0.312 e. The first-order chi connectivity index (χ1) is 9.59. The number of piperazine rings is 1. The quantitative estimate of drug-likeness (QED) is 0.819. The summed E-state index contributed by atoms with van der Waals surface area (Å²) in [4.78, 5) is 27.2. The van der Waals surface area contributed by atoms with E-state index in [-0.39, 0.29) is 0 Å². The van der Waals surface area contributed by atoms with Gasteiger partial charge in [-0.1, -0.05) is 29.8 Å². The second-order valence-electron chi connectivity index (χ2n) is 4.79. The number of benzene rings is 1. The van der Waals surface area contributed by atoms with E-state index in [1.165, 1.54) is 4.90 Å². The van der Waals surface area contributed by atoms with Crippen LogP contribution in [-0.2, 0) is 16.1 Å². The van der Waals surface area contributed by atoms with E-state index in [1.54, 1.807) is 18.0 Å². The highest BCUT2D eigenvalue weighted by Gasteiger charge is 2.26. The summed E-state index contributed by atoms with van der Waals surface area (Å²) >= 11 is 6.06. The van der Waals surface area contributed by atoms with Gasteiger partial charge in [-0.3, -0.25) is 9.59 Å². The van der Waals surface area contributed by atoms with E-state index >= 15 is 0 Å². The lowest BCUT2D eigenvalue weighted by atomic mass is 10.2. The van der Waals surface area contributed by atoms with Gasteiger partial charge in [-0.05, 0) is 11.6 Å². The molecule has 1 aliphatic heterocycles. The van der Waals surface area contributed by atoms with E-state index in [0.29, 0.717) is 24.7 Å². The molecule has 0 aromatic heterocycles. The first-order valence-electron chi connectivity index (χ1n) is 6.58. The van der Waals surface area contributed by atoms with Gasteiger partial charge in [0.2, 0.25) is 0 Å². The lowest BCUT2D eigenvalue weighted by molar-refractivity contribution is -0.151. The van der Waals surface area contributed by atoms with Crippen molar-refractivity contribution in [1.29, 1.82) is 0 Å². The zero-order valence-corrected chi connectivity index (χ0v) is 12.2. The van der Waals surface area contributed by atoms with Crippen molar-refractivity contribution in [3.8, 4) is 0 Å². The summed E-state index contributed by atoms with van der Waals surface area (Å²) in [5, 5.41) is 3.75. The minimum atomic E-state index is -0.494. The number of nitrogens with zero attached hydrogens (tertiary/aromatic N) is 2. The van der Waals surface area contributed by atoms with Crippen LogP contribution in [0.3, 0.4) is 0 Å². The Morgan fingerprint density at radius 1 is 1.30 bits per heavy atom. The van der Waals surface area contributed by atoms with Crippen LogP contribution in [0.1, 0.15) is 5.56 Å². The summed E-state index contributed by atoms with van der Waals surface area (Å²) in [5.74, 6) is -0.937. The van der Waals surface area contributed by atoms with Crippen LogP contribution < -0.4 is 5.32 Å². The molecule has 0 aliphatic carbocycles. The zero-order chi connectivity index (χ0) is 14.5. The molecule has 108 valence electrons. The molecular weight excluding hydrogens is 278 g/mol. The molecule has 1 aromatic rings. The zero-order valence-electron chi connectivity index (χ0n) is 11.4. The summed E-state index contributed by atoms with van der Waals surface area (Å²) in [5.41, 5.74) is 0.832. The number of nitrogens with one attached hydrogen (secondary N) is 1. The van der Waals surface area contributed by atoms with E-state index in [1.807, 2.05) is 18.2 Å². The number of hydrogen-bond donors (Lipinski definition) is 1. The van der Waals surface area contributed by atoms with Gasteiger partial charge in [0.25, 0.3) is 0 Å². The fraction of sp³-hybridized carbons (Fsp3) is 0.429. The van der Waals surface area contributed by atoms with Crippen molar-refractivity contribution in [2.45, 2.75) is 6.54 Å². The first kappa shape index (κ1) is 14.8. The number of halogens is 1. The predicted molar refractivity (Wildman–Crippen MR) is 77.4 cm³/mol. The molecule has 1 heterocycles. The van der Waals surface area contributed by atoms with E-state index < -0.39 is 11.8 Å². The third kappa shape index (κ3) is 3.49. The van der Waals surface area contributed by atoms with Crippen molar-refractivity contribution in [2.24, 2.45) is 0 Å². The Hall–Kier alpha value is -1.59. The van der Waals surface area contributed by atoms with Gasteiger partial charge in [0.05, 0.1) is 0 Å². The number of hydrogen-bond acceptors (Lipinski definition) is 3. The summed E-state index contributed by atoms with van der Waals surface area (Å²) in [7, 11) is 1.62. The molecule has 0 saturated carbocycles. The van der Waals surface area contributed by atoms with Crippen molar-refractivity contribution < 1.29 is 9.59 Å². The Morgan fingerprint density at radius 2 is 1.95 bits per heavy atom. The van der Waals surface area contributed by atoms with Gasteiger partial charge in [-0.15, -0.1) is 0 Å². The van der Waals surface area contributed by atoms with Gasteiger partial charge in [-0.2, -0.15) is 0 Å². The summed E-state index contributed by atoms with van der Waals surface area (Å²) in [6.45, 7) is 2.94. The maximum atomic E-state index is 12.1. The number of carbonyl (C=O) groups excluding carboxylic acids is 2. The smallest absolute Gasteiger partial charge is 0.312 e. The fourth-order valence-corrected chi connectivity index (χ4v) is 2.32. The Bertz CT molecular complexity index is 501. The average molecular weight is 296 g/mol. The minimum absolute atomic E-state index is 0.330. The Balaban J connectivity index is 1.98. The van der Waals surface area contributed by atoms with Gasteiger partial charge in [0.15, 0.2) is 0 Å². The van der Waals surface area contributed by atoms with E-state index in [2.05, 4.69) is 5.32 Å². The normalized spacial score (nSPS) is 15.0. The van der Waals surface area contributed by atoms with Crippen LogP contribution in [0.15, 0.2) is 24.3 Å². The molecule has 2 amide bonds. The molecule has 0 spiro atoms. The van der Waals surface area contributed by atoms with Crippen molar-refractivity contribution in [1.82, 2.24) is 15.1 Å². The third-order valence-electron chi connectivity index (χ3n) is 3.30. The predicted octanol–water partition coefficient (Wildman–Crippen LogP) is 0.730. The largest absolute Gasteiger partial charge is 0.333 e. The molecule has 0 bridgehead atoms. The second kappa shape index (κ2) is 6.72. The van der Waals surface area contributed by atoms with Gasteiger partial charge < -0.3 is 15.1 Å². The van der Waals surface area contributed by atoms with Crippen LogP contribution in [0.2, 0.25) is 5.02 Å². The van der Waals surface area contributed by atoms with Crippen molar-refractivity contribution in [3.63, 3.8) is 0 Å². The molecule has 1 aliphatic rings. The molecule has 2 rings (SSSR count). The SMILES string of the molecule is CN(Cc1ccccc1Cl)C(=O)C(=O)N1CCNCC1. The third-order valence-corrected chi connectivity index (χ3v) is 3.67. The molecule has 1 aromatic carbocycles. The molecule has 1 N–H and O–H groups in total. The highest BCUT2D eigenvalue weighted by molar-refractivity contribution is 6.35. The van der Waals surface area contributed by atoms with Gasteiger partial charge in [-0.25, -0.2) is 0 Å². The minimum Gasteiger partial charge on any atom is -0.333 e. The van der Waals surface area contributed by atoms with Crippen LogP contribution in [0, 0.1) is 0 Å². The summed E-state index contributed by atoms with van der Waals surface area (Å²) < 4.78 is 0. The van der Waals surface area contributed by atoms with Crippen LogP contribution in [-0.4, -0.2) is 54.8 Å². The molecule has 0 atom stereocenters. The van der Waals surface area contributed by atoms with Crippen molar-refractivity contribution in [3.05, 3.63) is 34.9 Å². The van der Waals surface area contributed by atoms with Crippen molar-refractivity contribution in [2.75, 3.05) is 33.2 Å². The highest BCUT2D eigenvalue weighted by atomic mass is 35.5. The Morgan fingerprint density at radius 3 is 2.60 bits per heavy atom. The molecule has 20 heavy (non-hydrogen) atoms. The van der Waals surface area contributed by atoms with E-state index in [4.69, 9.17) is 11.6 Å². The Kier molecular flexibility index (Phi) is 4.98. The fourth-order valence-electron chi connectivity index (χ4n) is 2.12. The number of carbonyl (C=O) groups is 2. The van der Waals surface area contributed by atoms with Gasteiger partial charge in [0, 0.05) is 44.8 Å². The maximum absolute atomic E-state index is 12.1. The number of amides is 2. The monoisotopic (exact) mass is 295 g/mol. The van der Waals surface area contributed by atoms with Crippen LogP contribution >= 0.6 is 11.6 Å². The van der Waals surface area contributed by atoms with Crippen LogP contribution in [0.5, 0.6) is 0 Å². The van der Waals surface area contributed by atoms with Crippen molar-refractivity contribution >= 4 is 23.4 Å². The number of likely N-dealkylation sites (N-methyl/N-ethyl adjacent to an activating group) is 1. The molecule has 1 fully saturated rings. The van der Waals surface area contributed by atoms with Crippen LogP contribution in [0.25, 0.3) is 0 Å². The van der Waals surface area contributed by atoms with E-state index in [0.717, 1.165) is 18.7 Å².